The van der Waals surface area contributed by atoms with Crippen LogP contribution in [0.2, 0.25) is 0 Å². The molecule has 0 radical (unpaired) electrons. The molecule has 1 aliphatic heterocycles. The number of benzene rings is 1. The minimum Gasteiger partial charge on any atom is -0.452 e. The van der Waals surface area contributed by atoms with Crippen LogP contribution in [0.4, 0.5) is 10.5 Å². The molecule has 0 bridgehead atoms. The Morgan fingerprint density at radius 1 is 1.29 bits per heavy atom. The molecule has 28 heavy (non-hydrogen) atoms. The minimum atomic E-state index is -3.39. The molecule has 0 fully saturated rings. The Balaban J connectivity index is 1.96. The SMILES string of the molecule is CC[C@H](C)NC(=O)NC(=O)COC(=O)c1ccc2c(c1)CCCN2S(C)(=O)=O. The summed E-state index contributed by atoms with van der Waals surface area (Å²) in [5.41, 5.74) is 1.49. The van der Waals surface area contributed by atoms with Crippen LogP contribution in [0.25, 0.3) is 0 Å². The van der Waals surface area contributed by atoms with Gasteiger partial charge in [-0.1, -0.05) is 6.92 Å². The lowest BCUT2D eigenvalue weighted by Crippen LogP contribution is -2.44. The van der Waals surface area contributed by atoms with Gasteiger partial charge in [-0.15, -0.1) is 0 Å². The fourth-order valence-corrected chi connectivity index (χ4v) is 3.77. The monoisotopic (exact) mass is 411 g/mol. The zero-order chi connectivity index (χ0) is 20.9. The number of hydrogen-bond acceptors (Lipinski definition) is 6. The molecule has 0 saturated carbocycles. The van der Waals surface area contributed by atoms with Crippen molar-refractivity contribution in [3.63, 3.8) is 0 Å². The number of sulfonamides is 1. The van der Waals surface area contributed by atoms with Crippen LogP contribution in [0.1, 0.15) is 42.6 Å². The van der Waals surface area contributed by atoms with E-state index in [2.05, 4.69) is 10.6 Å². The number of nitrogens with zero attached hydrogens (tertiary/aromatic N) is 1. The van der Waals surface area contributed by atoms with Crippen molar-refractivity contribution in [2.24, 2.45) is 0 Å². The predicted molar refractivity (Wildman–Crippen MR) is 104 cm³/mol. The van der Waals surface area contributed by atoms with Crippen molar-refractivity contribution < 1.29 is 27.5 Å². The minimum absolute atomic E-state index is 0.0858. The summed E-state index contributed by atoms with van der Waals surface area (Å²) in [7, 11) is -3.39. The van der Waals surface area contributed by atoms with Crippen LogP contribution in [-0.4, -0.2) is 51.8 Å². The molecule has 1 aromatic rings. The Hall–Kier alpha value is -2.62. The Bertz CT molecular complexity index is 868. The molecule has 1 aromatic carbocycles. The lowest BCUT2D eigenvalue weighted by molar-refractivity contribution is -0.123. The van der Waals surface area contributed by atoms with E-state index in [1.165, 1.54) is 10.4 Å². The van der Waals surface area contributed by atoms with Crippen molar-refractivity contribution >= 4 is 33.6 Å². The van der Waals surface area contributed by atoms with Crippen LogP contribution < -0.4 is 14.9 Å². The van der Waals surface area contributed by atoms with Crippen molar-refractivity contribution in [2.45, 2.75) is 39.2 Å². The third kappa shape index (κ3) is 5.69. The lowest BCUT2D eigenvalue weighted by Gasteiger charge is -2.29. The van der Waals surface area contributed by atoms with E-state index in [9.17, 15) is 22.8 Å². The summed E-state index contributed by atoms with van der Waals surface area (Å²) in [5, 5.41) is 4.65. The Morgan fingerprint density at radius 3 is 2.64 bits per heavy atom. The smallest absolute Gasteiger partial charge is 0.338 e. The largest absolute Gasteiger partial charge is 0.452 e. The number of esters is 1. The number of hydrogen-bond donors (Lipinski definition) is 2. The number of nitrogens with one attached hydrogen (secondary N) is 2. The van der Waals surface area contributed by atoms with Gasteiger partial charge >= 0.3 is 12.0 Å². The van der Waals surface area contributed by atoms with Crippen molar-refractivity contribution in [3.05, 3.63) is 29.3 Å². The number of fused-ring (bicyclic) bond motifs is 1. The van der Waals surface area contributed by atoms with E-state index >= 15 is 0 Å². The highest BCUT2D eigenvalue weighted by Crippen LogP contribution is 2.30. The summed E-state index contributed by atoms with van der Waals surface area (Å²) in [4.78, 5) is 35.5. The Morgan fingerprint density at radius 2 is 2.00 bits per heavy atom. The molecule has 10 heteroatoms. The molecular formula is C18H25N3O6S. The first-order chi connectivity index (χ1) is 13.1. The van der Waals surface area contributed by atoms with Gasteiger partial charge in [0.2, 0.25) is 10.0 Å². The van der Waals surface area contributed by atoms with Crippen molar-refractivity contribution in [2.75, 3.05) is 23.7 Å². The number of aryl methyl sites for hydroxylation is 1. The zero-order valence-corrected chi connectivity index (χ0v) is 17.0. The zero-order valence-electron chi connectivity index (χ0n) is 16.1. The van der Waals surface area contributed by atoms with Crippen molar-refractivity contribution in [1.29, 1.82) is 0 Å². The summed E-state index contributed by atoms with van der Waals surface area (Å²) in [6.07, 6.45) is 3.14. The number of amides is 3. The molecule has 2 rings (SSSR count). The van der Waals surface area contributed by atoms with Crippen LogP contribution in [0.5, 0.6) is 0 Å². The summed E-state index contributed by atoms with van der Waals surface area (Å²) < 4.78 is 30.0. The van der Waals surface area contributed by atoms with E-state index in [0.29, 0.717) is 31.5 Å². The molecule has 0 spiro atoms. The van der Waals surface area contributed by atoms with Crippen molar-refractivity contribution in [1.82, 2.24) is 10.6 Å². The van der Waals surface area contributed by atoms with E-state index < -0.39 is 34.5 Å². The van der Waals surface area contributed by atoms with Gasteiger partial charge in [-0.25, -0.2) is 18.0 Å². The number of carbonyl (C=O) groups excluding carboxylic acids is 3. The van der Waals surface area contributed by atoms with Gasteiger partial charge in [0.25, 0.3) is 5.91 Å². The average Bonchev–Trinajstić information content (AvgIpc) is 2.64. The number of ether oxygens (including phenoxy) is 1. The summed E-state index contributed by atoms with van der Waals surface area (Å²) in [5.74, 6) is -1.47. The molecule has 2 N–H and O–H groups in total. The van der Waals surface area contributed by atoms with E-state index in [1.54, 1.807) is 19.1 Å². The van der Waals surface area contributed by atoms with Gasteiger partial charge in [-0.05, 0) is 49.9 Å². The lowest BCUT2D eigenvalue weighted by atomic mass is 10.0. The van der Waals surface area contributed by atoms with Crippen LogP contribution in [-0.2, 0) is 26.0 Å². The first kappa shape index (κ1) is 21.7. The number of rotatable bonds is 6. The second kappa shape index (κ2) is 9.05. The van der Waals surface area contributed by atoms with E-state index in [1.807, 2.05) is 6.92 Å². The summed E-state index contributed by atoms with van der Waals surface area (Å²) in [6.45, 7) is 3.49. The molecule has 1 heterocycles. The Labute approximate surface area is 164 Å². The first-order valence-corrected chi connectivity index (χ1v) is 10.8. The maximum absolute atomic E-state index is 12.2. The van der Waals surface area contributed by atoms with Crippen LogP contribution in [0, 0.1) is 0 Å². The molecule has 0 saturated heterocycles. The van der Waals surface area contributed by atoms with Gasteiger partial charge in [0, 0.05) is 12.6 Å². The van der Waals surface area contributed by atoms with Crippen LogP contribution >= 0.6 is 0 Å². The second-order valence-electron chi connectivity index (χ2n) is 6.69. The maximum Gasteiger partial charge on any atom is 0.338 e. The first-order valence-electron chi connectivity index (χ1n) is 9.00. The van der Waals surface area contributed by atoms with Crippen LogP contribution in [0.3, 0.4) is 0 Å². The third-order valence-electron chi connectivity index (χ3n) is 4.37. The summed E-state index contributed by atoms with van der Waals surface area (Å²) in [6, 6.07) is 3.86. The predicted octanol–water partition coefficient (Wildman–Crippen LogP) is 1.18. The molecular weight excluding hydrogens is 386 g/mol. The third-order valence-corrected chi connectivity index (χ3v) is 5.55. The average molecular weight is 411 g/mol. The highest BCUT2D eigenvalue weighted by Gasteiger charge is 2.25. The van der Waals surface area contributed by atoms with E-state index in [0.717, 1.165) is 11.8 Å². The fraction of sp³-hybridized carbons (Fsp3) is 0.500. The molecule has 9 nitrogen and oxygen atoms in total. The summed E-state index contributed by atoms with van der Waals surface area (Å²) >= 11 is 0. The normalized spacial score (nSPS) is 14.6. The van der Waals surface area contributed by atoms with Gasteiger partial charge < -0.3 is 10.1 Å². The highest BCUT2D eigenvalue weighted by molar-refractivity contribution is 7.92. The van der Waals surface area contributed by atoms with Gasteiger partial charge in [-0.2, -0.15) is 0 Å². The molecule has 0 aromatic heterocycles. The molecule has 1 atom stereocenters. The molecule has 154 valence electrons. The highest BCUT2D eigenvalue weighted by atomic mass is 32.2. The number of urea groups is 1. The second-order valence-corrected chi connectivity index (χ2v) is 8.60. The van der Waals surface area contributed by atoms with Crippen molar-refractivity contribution in [3.8, 4) is 0 Å². The van der Waals surface area contributed by atoms with E-state index in [-0.39, 0.29) is 11.6 Å². The number of anilines is 1. The topological polar surface area (TPSA) is 122 Å². The molecule has 1 aliphatic rings. The van der Waals surface area contributed by atoms with E-state index in [4.69, 9.17) is 4.74 Å². The number of imide groups is 1. The van der Waals surface area contributed by atoms with Gasteiger partial charge in [0.15, 0.2) is 6.61 Å². The quantitative estimate of drug-likeness (QED) is 0.678. The van der Waals surface area contributed by atoms with Gasteiger partial charge in [-0.3, -0.25) is 14.4 Å². The van der Waals surface area contributed by atoms with Gasteiger partial charge in [0.1, 0.15) is 0 Å². The van der Waals surface area contributed by atoms with Gasteiger partial charge in [0.05, 0.1) is 17.5 Å². The standard InChI is InChI=1S/C18H25N3O6S/c1-4-12(2)19-18(24)20-16(22)11-27-17(23)14-7-8-15-13(10-14)6-5-9-21(15)28(3,25)26/h7-8,10,12H,4-6,9,11H2,1-3H3,(H2,19,20,22,24)/t12-/m0/s1. The number of carbonyl (C=O) groups is 3. The molecule has 3 amide bonds. The fourth-order valence-electron chi connectivity index (χ4n) is 2.77. The Kier molecular flexibility index (Phi) is 7.00. The maximum atomic E-state index is 12.2. The van der Waals surface area contributed by atoms with Crippen LogP contribution in [0.15, 0.2) is 18.2 Å². The molecule has 0 aliphatic carbocycles. The molecule has 0 unspecified atom stereocenters.